The van der Waals surface area contributed by atoms with Crippen LogP contribution in [0, 0.1) is 6.92 Å². The standard InChI is InChI=1S/C11H18N4/c1-9-7-10(8-13-11(9)12)15-5-3-14(2)4-6-15/h7-8H,3-6H2,1-2H3,(H2,12,13). The third-order valence-electron chi connectivity index (χ3n) is 2.97. The Labute approximate surface area is 90.7 Å². The highest BCUT2D eigenvalue weighted by atomic mass is 15.2. The van der Waals surface area contributed by atoms with Gasteiger partial charge in [0.1, 0.15) is 5.82 Å². The Bertz CT molecular complexity index is 342. The zero-order valence-corrected chi connectivity index (χ0v) is 9.40. The smallest absolute Gasteiger partial charge is 0.126 e. The monoisotopic (exact) mass is 206 g/mol. The molecule has 1 aliphatic rings. The van der Waals surface area contributed by atoms with Gasteiger partial charge in [0.2, 0.25) is 0 Å². The molecule has 0 bridgehead atoms. The van der Waals surface area contributed by atoms with Crippen LogP contribution in [0.25, 0.3) is 0 Å². The lowest BCUT2D eigenvalue weighted by atomic mass is 10.2. The molecule has 2 rings (SSSR count). The minimum Gasteiger partial charge on any atom is -0.383 e. The van der Waals surface area contributed by atoms with Gasteiger partial charge in [0.15, 0.2) is 0 Å². The highest BCUT2D eigenvalue weighted by Gasteiger charge is 2.14. The Morgan fingerprint density at radius 1 is 1.27 bits per heavy atom. The quantitative estimate of drug-likeness (QED) is 0.735. The van der Waals surface area contributed by atoms with Gasteiger partial charge < -0.3 is 15.5 Å². The number of likely N-dealkylation sites (N-methyl/N-ethyl adjacent to an activating group) is 1. The van der Waals surface area contributed by atoms with Crippen molar-refractivity contribution in [2.75, 3.05) is 43.9 Å². The lowest BCUT2D eigenvalue weighted by molar-refractivity contribution is 0.313. The second-order valence-electron chi connectivity index (χ2n) is 4.19. The SMILES string of the molecule is Cc1cc(N2CCN(C)CC2)cnc1N. The van der Waals surface area contributed by atoms with Crippen molar-refractivity contribution in [2.24, 2.45) is 0 Å². The van der Waals surface area contributed by atoms with Gasteiger partial charge in [0, 0.05) is 26.2 Å². The van der Waals surface area contributed by atoms with Gasteiger partial charge in [-0.05, 0) is 25.6 Å². The highest BCUT2D eigenvalue weighted by molar-refractivity contribution is 5.52. The third-order valence-corrected chi connectivity index (χ3v) is 2.97. The molecule has 2 heterocycles. The molecule has 0 aromatic carbocycles. The first-order valence-corrected chi connectivity index (χ1v) is 5.32. The summed E-state index contributed by atoms with van der Waals surface area (Å²) < 4.78 is 0. The summed E-state index contributed by atoms with van der Waals surface area (Å²) in [5.74, 6) is 0.632. The molecule has 1 aromatic rings. The first kappa shape index (κ1) is 10.2. The van der Waals surface area contributed by atoms with Crippen LogP contribution in [0.2, 0.25) is 0 Å². The molecule has 0 amide bonds. The van der Waals surface area contributed by atoms with Gasteiger partial charge in [-0.2, -0.15) is 0 Å². The third kappa shape index (κ3) is 2.21. The molecule has 0 unspecified atom stereocenters. The van der Waals surface area contributed by atoms with Crippen molar-refractivity contribution in [1.82, 2.24) is 9.88 Å². The van der Waals surface area contributed by atoms with E-state index in [-0.39, 0.29) is 0 Å². The normalized spacial score (nSPS) is 18.1. The Morgan fingerprint density at radius 3 is 2.53 bits per heavy atom. The molecule has 1 fully saturated rings. The first-order valence-electron chi connectivity index (χ1n) is 5.32. The molecule has 1 aromatic heterocycles. The van der Waals surface area contributed by atoms with Crippen LogP contribution in [0.4, 0.5) is 11.5 Å². The van der Waals surface area contributed by atoms with Crippen molar-refractivity contribution >= 4 is 11.5 Å². The first-order chi connectivity index (χ1) is 7.16. The number of nitrogen functional groups attached to an aromatic ring is 1. The van der Waals surface area contributed by atoms with Crippen LogP contribution in [0.15, 0.2) is 12.3 Å². The Kier molecular flexibility index (Phi) is 2.77. The topological polar surface area (TPSA) is 45.4 Å². The van der Waals surface area contributed by atoms with Crippen molar-refractivity contribution in [3.05, 3.63) is 17.8 Å². The molecule has 1 aliphatic heterocycles. The van der Waals surface area contributed by atoms with Crippen molar-refractivity contribution in [3.63, 3.8) is 0 Å². The van der Waals surface area contributed by atoms with Gasteiger partial charge in [-0.25, -0.2) is 4.98 Å². The Balaban J connectivity index is 2.12. The van der Waals surface area contributed by atoms with Crippen LogP contribution < -0.4 is 10.6 Å². The minimum atomic E-state index is 0.632. The number of piperazine rings is 1. The largest absolute Gasteiger partial charge is 0.383 e. The molecule has 0 radical (unpaired) electrons. The van der Waals surface area contributed by atoms with Gasteiger partial charge >= 0.3 is 0 Å². The summed E-state index contributed by atoms with van der Waals surface area (Å²) >= 11 is 0. The molecule has 4 heteroatoms. The Morgan fingerprint density at radius 2 is 1.93 bits per heavy atom. The molecule has 0 saturated carbocycles. The number of pyridine rings is 1. The van der Waals surface area contributed by atoms with E-state index in [1.165, 1.54) is 5.69 Å². The van der Waals surface area contributed by atoms with Crippen molar-refractivity contribution in [3.8, 4) is 0 Å². The highest BCUT2D eigenvalue weighted by Crippen LogP contribution is 2.18. The van der Waals surface area contributed by atoms with E-state index < -0.39 is 0 Å². The summed E-state index contributed by atoms with van der Waals surface area (Å²) in [4.78, 5) is 8.90. The number of hydrogen-bond acceptors (Lipinski definition) is 4. The average molecular weight is 206 g/mol. The van der Waals surface area contributed by atoms with Crippen LogP contribution in [0.5, 0.6) is 0 Å². The summed E-state index contributed by atoms with van der Waals surface area (Å²) in [6.07, 6.45) is 1.87. The van der Waals surface area contributed by atoms with Gasteiger partial charge in [-0.15, -0.1) is 0 Å². The number of anilines is 2. The van der Waals surface area contributed by atoms with Gasteiger partial charge in [0.25, 0.3) is 0 Å². The predicted octanol–water partition coefficient (Wildman–Crippen LogP) is 0.724. The fourth-order valence-electron chi connectivity index (χ4n) is 1.81. The van der Waals surface area contributed by atoms with E-state index in [9.17, 15) is 0 Å². The van der Waals surface area contributed by atoms with Crippen LogP contribution in [0.3, 0.4) is 0 Å². The molecular weight excluding hydrogens is 188 g/mol. The van der Waals surface area contributed by atoms with Crippen LogP contribution in [-0.4, -0.2) is 43.1 Å². The second kappa shape index (κ2) is 4.06. The fourth-order valence-corrected chi connectivity index (χ4v) is 1.81. The van der Waals surface area contributed by atoms with E-state index >= 15 is 0 Å². The number of aromatic nitrogens is 1. The van der Waals surface area contributed by atoms with E-state index in [0.717, 1.165) is 31.7 Å². The van der Waals surface area contributed by atoms with Gasteiger partial charge in [-0.3, -0.25) is 0 Å². The molecule has 82 valence electrons. The maximum absolute atomic E-state index is 5.70. The molecule has 0 atom stereocenters. The number of rotatable bonds is 1. The Hall–Kier alpha value is -1.29. The number of hydrogen-bond donors (Lipinski definition) is 1. The fraction of sp³-hybridized carbons (Fsp3) is 0.545. The van der Waals surface area contributed by atoms with Crippen LogP contribution >= 0.6 is 0 Å². The zero-order chi connectivity index (χ0) is 10.8. The van der Waals surface area contributed by atoms with E-state index in [1.807, 2.05) is 13.1 Å². The average Bonchev–Trinajstić information content (AvgIpc) is 2.23. The van der Waals surface area contributed by atoms with E-state index in [2.05, 4.69) is 27.9 Å². The molecule has 4 nitrogen and oxygen atoms in total. The summed E-state index contributed by atoms with van der Waals surface area (Å²) in [5.41, 5.74) is 7.95. The molecule has 15 heavy (non-hydrogen) atoms. The van der Waals surface area contributed by atoms with E-state index in [0.29, 0.717) is 5.82 Å². The van der Waals surface area contributed by atoms with Crippen molar-refractivity contribution in [1.29, 1.82) is 0 Å². The predicted molar refractivity (Wildman–Crippen MR) is 63.1 cm³/mol. The number of aryl methyl sites for hydroxylation is 1. The summed E-state index contributed by atoms with van der Waals surface area (Å²) in [7, 11) is 2.16. The number of nitrogens with two attached hydrogens (primary N) is 1. The lowest BCUT2D eigenvalue weighted by Gasteiger charge is -2.34. The molecule has 0 aliphatic carbocycles. The number of nitrogens with zero attached hydrogens (tertiary/aromatic N) is 3. The van der Waals surface area contributed by atoms with E-state index in [4.69, 9.17) is 5.73 Å². The van der Waals surface area contributed by atoms with Crippen molar-refractivity contribution in [2.45, 2.75) is 6.92 Å². The minimum absolute atomic E-state index is 0.632. The molecular formula is C11H18N4. The second-order valence-corrected chi connectivity index (χ2v) is 4.19. The zero-order valence-electron chi connectivity index (χ0n) is 9.40. The molecule has 0 spiro atoms. The van der Waals surface area contributed by atoms with Crippen LogP contribution in [-0.2, 0) is 0 Å². The maximum atomic E-state index is 5.70. The van der Waals surface area contributed by atoms with Crippen molar-refractivity contribution < 1.29 is 0 Å². The molecule has 1 saturated heterocycles. The summed E-state index contributed by atoms with van der Waals surface area (Å²) in [6.45, 7) is 6.37. The molecule has 2 N–H and O–H groups in total. The van der Waals surface area contributed by atoms with E-state index in [1.54, 1.807) is 0 Å². The van der Waals surface area contributed by atoms with Crippen LogP contribution in [0.1, 0.15) is 5.56 Å². The summed E-state index contributed by atoms with van der Waals surface area (Å²) in [5, 5.41) is 0. The van der Waals surface area contributed by atoms with Gasteiger partial charge in [-0.1, -0.05) is 0 Å². The summed E-state index contributed by atoms with van der Waals surface area (Å²) in [6, 6.07) is 2.12. The van der Waals surface area contributed by atoms with Gasteiger partial charge in [0.05, 0.1) is 11.9 Å². The lowest BCUT2D eigenvalue weighted by Crippen LogP contribution is -2.44. The maximum Gasteiger partial charge on any atom is 0.126 e.